The fourth-order valence-electron chi connectivity index (χ4n) is 7.89. The molecule has 4 saturated carbocycles. The fraction of sp³-hybridized carbons (Fsp3) is 0.957. The van der Waals surface area contributed by atoms with E-state index in [9.17, 15) is 9.90 Å². The third-order valence-electron chi connectivity index (χ3n) is 9.62. The van der Waals surface area contributed by atoms with Crippen LogP contribution in [0.4, 0.5) is 0 Å². The Morgan fingerprint density at radius 3 is 2.70 bits per heavy atom. The van der Waals surface area contributed by atoms with Crippen LogP contribution in [0.25, 0.3) is 0 Å². The minimum Gasteiger partial charge on any atom is -0.389 e. The Hall–Kier alpha value is -0.0600. The maximum absolute atomic E-state index is 12.6. The monoisotopic (exact) mass is 393 g/mol. The highest BCUT2D eigenvalue weighted by Gasteiger charge is 2.66. The number of nitrogens with two attached hydrogens (primary N) is 1. The van der Waals surface area contributed by atoms with Gasteiger partial charge in [0.05, 0.1) is 5.60 Å². The van der Waals surface area contributed by atoms with Gasteiger partial charge in [-0.15, -0.1) is 0 Å². The van der Waals surface area contributed by atoms with Crippen molar-refractivity contribution in [2.24, 2.45) is 40.2 Å². The van der Waals surface area contributed by atoms with E-state index in [1.165, 1.54) is 6.42 Å². The van der Waals surface area contributed by atoms with Gasteiger partial charge in [0.15, 0.2) is 0 Å². The van der Waals surface area contributed by atoms with Gasteiger partial charge >= 0.3 is 0 Å². The van der Waals surface area contributed by atoms with Gasteiger partial charge in [0, 0.05) is 17.1 Å². The SMILES string of the molecule is CC1C[C@@H]2[C@@H](CC[C@]3(C)C(=O)CC[C@@H]23)[C@@]2(C)CCC(SCCCN)CC12O. The van der Waals surface area contributed by atoms with Crippen LogP contribution in [0.2, 0.25) is 0 Å². The zero-order chi connectivity index (χ0) is 19.4. The number of carbonyl (C=O) groups is 1. The van der Waals surface area contributed by atoms with E-state index in [2.05, 4.69) is 20.8 Å². The van der Waals surface area contributed by atoms with E-state index in [-0.39, 0.29) is 10.8 Å². The lowest BCUT2D eigenvalue weighted by Crippen LogP contribution is -2.65. The van der Waals surface area contributed by atoms with Crippen molar-refractivity contribution in [2.45, 2.75) is 89.4 Å². The molecular weight excluding hydrogens is 354 g/mol. The number of ketones is 1. The van der Waals surface area contributed by atoms with Gasteiger partial charge in [0.2, 0.25) is 0 Å². The maximum atomic E-state index is 12.6. The highest BCUT2D eigenvalue weighted by molar-refractivity contribution is 7.99. The summed E-state index contributed by atoms with van der Waals surface area (Å²) in [5, 5.41) is 12.6. The lowest BCUT2D eigenvalue weighted by Gasteiger charge is -2.65. The van der Waals surface area contributed by atoms with Crippen LogP contribution in [0.5, 0.6) is 0 Å². The van der Waals surface area contributed by atoms with E-state index in [1.54, 1.807) is 0 Å². The zero-order valence-electron chi connectivity index (χ0n) is 17.5. The van der Waals surface area contributed by atoms with Crippen LogP contribution in [0.3, 0.4) is 0 Å². The second-order valence-corrected chi connectivity index (χ2v) is 12.1. The second-order valence-electron chi connectivity index (χ2n) is 10.7. The molecule has 4 fully saturated rings. The highest BCUT2D eigenvalue weighted by atomic mass is 32.2. The molecule has 3 unspecified atom stereocenters. The summed E-state index contributed by atoms with van der Waals surface area (Å²) in [7, 11) is 0. The molecule has 4 aliphatic rings. The Labute approximate surface area is 169 Å². The first-order valence-electron chi connectivity index (χ1n) is 11.3. The van der Waals surface area contributed by atoms with Gasteiger partial charge in [-0.2, -0.15) is 11.8 Å². The number of rotatable bonds is 4. The molecule has 0 radical (unpaired) electrons. The molecule has 4 rings (SSSR count). The first-order chi connectivity index (χ1) is 12.8. The Bertz CT molecular complexity index is 597. The third kappa shape index (κ3) is 2.87. The molecule has 0 aromatic carbocycles. The first kappa shape index (κ1) is 20.2. The van der Waals surface area contributed by atoms with Crippen LogP contribution < -0.4 is 5.73 Å². The molecule has 0 saturated heterocycles. The predicted molar refractivity (Wildman–Crippen MR) is 113 cm³/mol. The summed E-state index contributed by atoms with van der Waals surface area (Å²) in [6.45, 7) is 7.72. The molecular formula is C23H39NO2S. The number of thioether (sulfide) groups is 1. The standard InChI is InChI=1S/C23H39NO2S/c1-15-13-17-18-5-6-20(25)21(18,2)9-8-19(17)22(3)10-7-16(14-23(15,22)26)27-12-4-11-24/h15-19,26H,4-14,24H2,1-3H3/t15?,16?,17-,18-,19+,21-,22+,23?/m0/s1. The topological polar surface area (TPSA) is 63.3 Å². The van der Waals surface area contributed by atoms with Crippen LogP contribution in [-0.2, 0) is 4.79 Å². The quantitative estimate of drug-likeness (QED) is 0.695. The Kier molecular flexibility index (Phi) is 5.26. The van der Waals surface area contributed by atoms with E-state index in [0.29, 0.717) is 34.7 Å². The van der Waals surface area contributed by atoms with Crippen LogP contribution >= 0.6 is 11.8 Å². The van der Waals surface area contributed by atoms with Crippen LogP contribution in [0.1, 0.15) is 78.6 Å². The van der Waals surface area contributed by atoms with Gasteiger partial charge in [0.25, 0.3) is 0 Å². The molecule has 0 aromatic rings. The van der Waals surface area contributed by atoms with Gasteiger partial charge in [-0.25, -0.2) is 0 Å². The van der Waals surface area contributed by atoms with E-state index in [4.69, 9.17) is 5.73 Å². The molecule has 0 bridgehead atoms. The third-order valence-corrected chi connectivity index (χ3v) is 11.0. The van der Waals surface area contributed by atoms with Crippen molar-refractivity contribution >= 4 is 17.5 Å². The fourth-order valence-corrected chi connectivity index (χ4v) is 9.21. The Balaban J connectivity index is 1.57. The molecule has 0 aliphatic heterocycles. The van der Waals surface area contributed by atoms with Crippen LogP contribution in [0.15, 0.2) is 0 Å². The van der Waals surface area contributed by atoms with Crippen LogP contribution in [0, 0.1) is 34.5 Å². The van der Waals surface area contributed by atoms with Crippen molar-refractivity contribution in [3.8, 4) is 0 Å². The number of hydrogen-bond donors (Lipinski definition) is 2. The summed E-state index contributed by atoms with van der Waals surface area (Å²) >= 11 is 2.04. The van der Waals surface area contributed by atoms with Crippen molar-refractivity contribution in [1.82, 2.24) is 0 Å². The molecule has 4 aliphatic carbocycles. The van der Waals surface area contributed by atoms with E-state index in [1.807, 2.05) is 11.8 Å². The number of aliphatic hydroxyl groups is 1. The van der Waals surface area contributed by atoms with Crippen molar-refractivity contribution in [3.05, 3.63) is 0 Å². The molecule has 0 amide bonds. The van der Waals surface area contributed by atoms with Gasteiger partial charge in [-0.3, -0.25) is 4.79 Å². The number of hydrogen-bond acceptors (Lipinski definition) is 4. The van der Waals surface area contributed by atoms with Crippen molar-refractivity contribution < 1.29 is 9.90 Å². The molecule has 8 atom stereocenters. The molecule has 4 heteroatoms. The smallest absolute Gasteiger partial charge is 0.139 e. The average molecular weight is 394 g/mol. The summed E-state index contributed by atoms with van der Waals surface area (Å²) in [6, 6.07) is 0. The van der Waals surface area contributed by atoms with Crippen molar-refractivity contribution in [1.29, 1.82) is 0 Å². The molecule has 3 N–H and O–H groups in total. The van der Waals surface area contributed by atoms with Gasteiger partial charge < -0.3 is 10.8 Å². The summed E-state index contributed by atoms with van der Waals surface area (Å²) in [4.78, 5) is 12.6. The van der Waals surface area contributed by atoms with E-state index < -0.39 is 5.60 Å². The average Bonchev–Trinajstić information content (AvgIpc) is 2.93. The van der Waals surface area contributed by atoms with Crippen LogP contribution in [-0.4, -0.2) is 34.0 Å². The molecule has 0 spiro atoms. The maximum Gasteiger partial charge on any atom is 0.139 e. The molecule has 154 valence electrons. The minimum absolute atomic E-state index is 0.0211. The van der Waals surface area contributed by atoms with Gasteiger partial charge in [-0.05, 0) is 92.8 Å². The first-order valence-corrected chi connectivity index (χ1v) is 12.4. The molecule has 27 heavy (non-hydrogen) atoms. The predicted octanol–water partition coefficient (Wildman–Crippen LogP) is 4.41. The zero-order valence-corrected chi connectivity index (χ0v) is 18.3. The molecule has 3 nitrogen and oxygen atoms in total. The Morgan fingerprint density at radius 1 is 1.19 bits per heavy atom. The normalized spacial score (nSPS) is 52.2. The second kappa shape index (κ2) is 7.02. The minimum atomic E-state index is -0.539. The van der Waals surface area contributed by atoms with E-state index >= 15 is 0 Å². The number of carbonyl (C=O) groups excluding carboxylic acids is 1. The Morgan fingerprint density at radius 2 is 1.96 bits per heavy atom. The largest absolute Gasteiger partial charge is 0.389 e. The van der Waals surface area contributed by atoms with E-state index in [0.717, 1.165) is 63.7 Å². The lowest BCUT2D eigenvalue weighted by molar-refractivity contribution is -0.226. The molecule has 0 heterocycles. The van der Waals surface area contributed by atoms with Gasteiger partial charge in [-0.1, -0.05) is 20.8 Å². The summed E-state index contributed by atoms with van der Waals surface area (Å²) < 4.78 is 0. The molecule has 0 aromatic heterocycles. The number of Topliss-reactive ketones (excluding diaryl/α,β-unsaturated/α-hetero) is 1. The highest BCUT2D eigenvalue weighted by Crippen LogP contribution is 2.68. The van der Waals surface area contributed by atoms with Gasteiger partial charge in [0.1, 0.15) is 5.78 Å². The lowest BCUT2D eigenvalue weighted by atomic mass is 9.41. The van der Waals surface area contributed by atoms with Crippen molar-refractivity contribution in [3.63, 3.8) is 0 Å². The summed E-state index contributed by atoms with van der Waals surface area (Å²) in [5.41, 5.74) is 5.08. The summed E-state index contributed by atoms with van der Waals surface area (Å²) in [5.74, 6) is 3.76. The summed E-state index contributed by atoms with van der Waals surface area (Å²) in [6.07, 6.45) is 9.58. The number of fused-ring (bicyclic) bond motifs is 5. The van der Waals surface area contributed by atoms with Crippen molar-refractivity contribution in [2.75, 3.05) is 12.3 Å².